The number of carbonyl (C=O) groups is 2. The lowest BCUT2D eigenvalue weighted by Gasteiger charge is -2.35. The predicted molar refractivity (Wildman–Crippen MR) is 120 cm³/mol. The molecular weight excluding hydrogens is 426 g/mol. The first-order valence-electron chi connectivity index (χ1n) is 10.9. The molecule has 2 aromatic heterocycles. The van der Waals surface area contributed by atoms with E-state index in [1.54, 1.807) is 17.0 Å². The van der Waals surface area contributed by atoms with Crippen LogP contribution in [-0.2, 0) is 4.79 Å². The van der Waals surface area contributed by atoms with E-state index in [2.05, 4.69) is 14.8 Å². The summed E-state index contributed by atoms with van der Waals surface area (Å²) in [5.41, 5.74) is 1.02. The van der Waals surface area contributed by atoms with Gasteiger partial charge in [0.25, 0.3) is 5.91 Å². The number of amides is 2. The van der Waals surface area contributed by atoms with Crippen LogP contribution in [0.1, 0.15) is 42.1 Å². The number of furan rings is 1. The molecule has 1 atom stereocenters. The number of hydrogen-bond donors (Lipinski definition) is 0. The van der Waals surface area contributed by atoms with Crippen LogP contribution in [0.15, 0.2) is 58.3 Å². The van der Waals surface area contributed by atoms with Gasteiger partial charge in [0, 0.05) is 37.8 Å². The van der Waals surface area contributed by atoms with Crippen LogP contribution in [0.3, 0.4) is 0 Å². The molecule has 1 unspecified atom stereocenters. The van der Waals surface area contributed by atoms with Gasteiger partial charge in [-0.15, -0.1) is 10.2 Å². The number of carbonyl (C=O) groups excluding carboxylic acids is 2. The first-order valence-corrected chi connectivity index (χ1v) is 11.8. The third-order valence-electron chi connectivity index (χ3n) is 5.86. The van der Waals surface area contributed by atoms with Gasteiger partial charge in [0.1, 0.15) is 5.82 Å². The Bertz CT molecular complexity index is 1090. The second-order valence-corrected chi connectivity index (χ2v) is 9.45. The van der Waals surface area contributed by atoms with E-state index < -0.39 is 0 Å². The molecule has 2 fully saturated rings. The summed E-state index contributed by atoms with van der Waals surface area (Å²) in [6.45, 7) is 3.92. The molecule has 1 saturated heterocycles. The van der Waals surface area contributed by atoms with Crippen molar-refractivity contribution in [2.24, 2.45) is 0 Å². The van der Waals surface area contributed by atoms with Gasteiger partial charge in [0.05, 0.1) is 11.5 Å². The van der Waals surface area contributed by atoms with E-state index >= 15 is 0 Å². The van der Waals surface area contributed by atoms with Crippen molar-refractivity contribution in [1.82, 2.24) is 24.6 Å². The van der Waals surface area contributed by atoms with E-state index in [1.807, 2.05) is 42.2 Å². The van der Waals surface area contributed by atoms with E-state index in [0.29, 0.717) is 37.9 Å². The Morgan fingerprint density at radius 1 is 1.00 bits per heavy atom. The normalized spacial score (nSPS) is 17.4. The molecule has 1 aromatic carbocycles. The van der Waals surface area contributed by atoms with Gasteiger partial charge in [-0.25, -0.2) is 0 Å². The lowest BCUT2D eigenvalue weighted by atomic mass is 10.2. The van der Waals surface area contributed by atoms with E-state index in [1.165, 1.54) is 18.0 Å². The molecule has 3 aromatic rings. The van der Waals surface area contributed by atoms with E-state index in [-0.39, 0.29) is 17.1 Å². The lowest BCUT2D eigenvalue weighted by Crippen LogP contribution is -2.52. The van der Waals surface area contributed by atoms with Crippen molar-refractivity contribution in [2.45, 2.75) is 36.1 Å². The molecule has 0 bridgehead atoms. The summed E-state index contributed by atoms with van der Waals surface area (Å²) in [6.07, 6.45) is 3.75. The maximum Gasteiger partial charge on any atom is 0.289 e. The fraction of sp³-hybridized carbons (Fsp3) is 0.391. The van der Waals surface area contributed by atoms with Crippen molar-refractivity contribution in [3.63, 3.8) is 0 Å². The van der Waals surface area contributed by atoms with Crippen LogP contribution in [0.25, 0.3) is 5.69 Å². The van der Waals surface area contributed by atoms with Crippen LogP contribution in [0, 0.1) is 0 Å². The Morgan fingerprint density at radius 3 is 2.38 bits per heavy atom. The Hall–Kier alpha value is -3.07. The summed E-state index contributed by atoms with van der Waals surface area (Å²) in [7, 11) is 0. The first kappa shape index (κ1) is 20.8. The van der Waals surface area contributed by atoms with Gasteiger partial charge < -0.3 is 14.2 Å². The van der Waals surface area contributed by atoms with Gasteiger partial charge >= 0.3 is 0 Å². The summed E-state index contributed by atoms with van der Waals surface area (Å²) in [5.74, 6) is 1.68. The highest BCUT2D eigenvalue weighted by Crippen LogP contribution is 2.41. The third kappa shape index (κ3) is 4.17. The number of aromatic nitrogens is 3. The number of nitrogens with zero attached hydrogens (tertiary/aromatic N) is 5. The smallest absolute Gasteiger partial charge is 0.289 e. The second-order valence-electron chi connectivity index (χ2n) is 8.14. The zero-order valence-electron chi connectivity index (χ0n) is 17.9. The number of thioether (sulfide) groups is 1. The molecule has 2 aliphatic rings. The zero-order chi connectivity index (χ0) is 22.1. The van der Waals surface area contributed by atoms with Gasteiger partial charge in [-0.1, -0.05) is 30.0 Å². The van der Waals surface area contributed by atoms with Crippen LogP contribution >= 0.6 is 11.8 Å². The molecule has 2 amide bonds. The largest absolute Gasteiger partial charge is 0.459 e. The summed E-state index contributed by atoms with van der Waals surface area (Å²) < 4.78 is 7.30. The van der Waals surface area contributed by atoms with E-state index in [4.69, 9.17) is 4.42 Å². The highest BCUT2D eigenvalue weighted by molar-refractivity contribution is 8.00. The molecule has 5 rings (SSSR count). The molecule has 8 nitrogen and oxygen atoms in total. The van der Waals surface area contributed by atoms with Crippen molar-refractivity contribution in [3.8, 4) is 5.69 Å². The summed E-state index contributed by atoms with van der Waals surface area (Å²) in [6, 6.07) is 13.4. The monoisotopic (exact) mass is 451 g/mol. The minimum Gasteiger partial charge on any atom is -0.459 e. The quantitative estimate of drug-likeness (QED) is 0.535. The molecule has 0 spiro atoms. The highest BCUT2D eigenvalue weighted by atomic mass is 32.2. The number of para-hydroxylation sites is 1. The number of rotatable bonds is 6. The molecule has 1 saturated carbocycles. The Morgan fingerprint density at radius 2 is 1.72 bits per heavy atom. The molecule has 0 radical (unpaired) electrons. The average Bonchev–Trinajstić information content (AvgIpc) is 3.36. The SMILES string of the molecule is CC(Sc1nnc(C2CC2)n1-c1ccccc1)C(=O)N1CCN(C(=O)c2ccco2)CC1. The number of benzene rings is 1. The van der Waals surface area contributed by atoms with Crippen LogP contribution in [0.4, 0.5) is 0 Å². The molecule has 32 heavy (non-hydrogen) atoms. The van der Waals surface area contributed by atoms with Crippen molar-refractivity contribution in [2.75, 3.05) is 26.2 Å². The van der Waals surface area contributed by atoms with Crippen molar-refractivity contribution in [3.05, 3.63) is 60.3 Å². The average molecular weight is 452 g/mol. The molecule has 1 aliphatic carbocycles. The van der Waals surface area contributed by atoms with E-state index in [0.717, 1.165) is 29.5 Å². The standard InChI is InChI=1S/C23H25N5O3S/c1-16(21(29)26-11-13-27(14-12-26)22(30)19-8-5-15-31-19)32-23-25-24-20(17-9-10-17)28(23)18-6-3-2-4-7-18/h2-8,15-17H,9-14H2,1H3. The fourth-order valence-electron chi connectivity index (χ4n) is 3.93. The highest BCUT2D eigenvalue weighted by Gasteiger charge is 2.33. The third-order valence-corrected chi connectivity index (χ3v) is 6.89. The maximum atomic E-state index is 13.1. The number of hydrogen-bond acceptors (Lipinski definition) is 6. The maximum absolute atomic E-state index is 13.1. The molecule has 0 N–H and O–H groups in total. The Kier molecular flexibility index (Phi) is 5.73. The molecule has 1 aliphatic heterocycles. The summed E-state index contributed by atoms with van der Waals surface area (Å²) in [5, 5.41) is 9.31. The first-order chi connectivity index (χ1) is 15.6. The van der Waals surface area contributed by atoms with E-state index in [9.17, 15) is 9.59 Å². The topological polar surface area (TPSA) is 84.5 Å². The van der Waals surface area contributed by atoms with Gasteiger partial charge in [0.15, 0.2) is 10.9 Å². The number of piperazine rings is 1. The van der Waals surface area contributed by atoms with Crippen LogP contribution in [0.2, 0.25) is 0 Å². The predicted octanol–water partition coefficient (Wildman–Crippen LogP) is 3.20. The van der Waals surface area contributed by atoms with Crippen LogP contribution in [-0.4, -0.2) is 67.8 Å². The second kappa shape index (κ2) is 8.82. The van der Waals surface area contributed by atoms with Gasteiger partial charge in [-0.05, 0) is 44.0 Å². The molecule has 9 heteroatoms. The summed E-state index contributed by atoms with van der Waals surface area (Å²) in [4.78, 5) is 29.1. The minimum absolute atomic E-state index is 0.0516. The fourth-order valence-corrected chi connectivity index (χ4v) is 4.89. The van der Waals surface area contributed by atoms with Crippen LogP contribution in [0.5, 0.6) is 0 Å². The van der Waals surface area contributed by atoms with Gasteiger partial charge in [-0.3, -0.25) is 14.2 Å². The van der Waals surface area contributed by atoms with Crippen molar-refractivity contribution in [1.29, 1.82) is 0 Å². The van der Waals surface area contributed by atoms with Crippen molar-refractivity contribution < 1.29 is 14.0 Å². The van der Waals surface area contributed by atoms with Crippen molar-refractivity contribution >= 4 is 23.6 Å². The molecule has 3 heterocycles. The Balaban J connectivity index is 1.25. The van der Waals surface area contributed by atoms with Gasteiger partial charge in [0.2, 0.25) is 5.91 Å². The minimum atomic E-state index is -0.305. The van der Waals surface area contributed by atoms with Gasteiger partial charge in [-0.2, -0.15) is 0 Å². The summed E-state index contributed by atoms with van der Waals surface area (Å²) >= 11 is 1.44. The molecule has 166 valence electrons. The molecular formula is C23H25N5O3S. The zero-order valence-corrected chi connectivity index (χ0v) is 18.7. The lowest BCUT2D eigenvalue weighted by molar-refractivity contribution is -0.131. The Labute approximate surface area is 190 Å². The van der Waals surface area contributed by atoms with Crippen LogP contribution < -0.4 is 0 Å².